The first kappa shape index (κ1) is 25.2. The molecule has 1 heterocycles. The zero-order valence-electron chi connectivity index (χ0n) is 20.4. The van der Waals surface area contributed by atoms with E-state index in [1.165, 1.54) is 0 Å². The van der Waals surface area contributed by atoms with Gasteiger partial charge in [0.1, 0.15) is 17.7 Å². The molecule has 8 nitrogen and oxygen atoms in total. The number of aliphatic carboxylic acids is 1. The maximum absolute atomic E-state index is 12.4. The van der Waals surface area contributed by atoms with Gasteiger partial charge in [-0.25, -0.2) is 4.79 Å². The minimum Gasteiger partial charge on any atom is -0.481 e. The van der Waals surface area contributed by atoms with Crippen LogP contribution in [0.25, 0.3) is 22.4 Å². The fraction of sp³-hybridized carbons (Fsp3) is 0.172. The number of nitrogens with one attached hydrogen (secondary N) is 2. The molecule has 0 saturated carbocycles. The lowest BCUT2D eigenvalue weighted by Crippen LogP contribution is -2.16. The molecule has 3 N–H and O–H groups in total. The predicted molar refractivity (Wildman–Crippen MR) is 140 cm³/mol. The van der Waals surface area contributed by atoms with Crippen molar-refractivity contribution >= 4 is 17.9 Å². The van der Waals surface area contributed by atoms with Crippen molar-refractivity contribution in [2.75, 3.05) is 5.32 Å². The molecule has 186 valence electrons. The molecule has 4 aromatic rings. The summed E-state index contributed by atoms with van der Waals surface area (Å²) in [7, 11) is 0. The van der Waals surface area contributed by atoms with Crippen LogP contribution in [0.15, 0.2) is 78.9 Å². The van der Waals surface area contributed by atoms with Gasteiger partial charge in [-0.3, -0.25) is 15.2 Å². The number of nitriles is 1. The number of aromatic nitrogens is 2. The summed E-state index contributed by atoms with van der Waals surface area (Å²) in [5.74, 6) is -1.16. The largest absolute Gasteiger partial charge is 0.481 e. The highest BCUT2D eigenvalue weighted by Gasteiger charge is 2.19. The Morgan fingerprint density at radius 1 is 0.973 bits per heavy atom. The van der Waals surface area contributed by atoms with Crippen LogP contribution >= 0.6 is 0 Å². The topological polar surface area (TPSA) is 128 Å². The number of carbonyl (C=O) groups excluding carboxylic acids is 1. The van der Waals surface area contributed by atoms with E-state index in [1.807, 2.05) is 78.9 Å². The van der Waals surface area contributed by atoms with Gasteiger partial charge >= 0.3 is 12.1 Å². The molecule has 0 saturated heterocycles. The molecule has 3 aromatic carbocycles. The van der Waals surface area contributed by atoms with E-state index in [0.717, 1.165) is 27.8 Å². The predicted octanol–water partition coefficient (Wildman–Crippen LogP) is 6.19. The Labute approximate surface area is 214 Å². The molecular formula is C29H26N4O4. The number of nitrogens with zero attached hydrogens (tertiary/aromatic N) is 2. The molecule has 0 spiro atoms. The summed E-state index contributed by atoms with van der Waals surface area (Å²) in [6.07, 6.45) is -0.699. The van der Waals surface area contributed by atoms with Crippen molar-refractivity contribution in [2.24, 2.45) is 5.92 Å². The van der Waals surface area contributed by atoms with Crippen LogP contribution in [0.2, 0.25) is 0 Å². The maximum atomic E-state index is 12.4. The number of anilines is 1. The lowest BCUT2D eigenvalue weighted by Gasteiger charge is -2.13. The SMILES string of the molecule is CC(Cc1ccc(-c2ccc(-c3[nH]nc(NC(=O)OC(C)c4ccccc4)c3C#N)cc2)cc1)C(=O)O. The number of H-pyrrole nitrogens is 1. The molecule has 1 amide bonds. The fourth-order valence-corrected chi connectivity index (χ4v) is 3.93. The molecular weight excluding hydrogens is 468 g/mol. The van der Waals surface area contributed by atoms with Gasteiger partial charge in [0, 0.05) is 5.56 Å². The van der Waals surface area contributed by atoms with E-state index in [-0.39, 0.29) is 11.4 Å². The van der Waals surface area contributed by atoms with Crippen LogP contribution in [0.5, 0.6) is 0 Å². The second kappa shape index (κ2) is 11.2. The molecule has 0 aliphatic heterocycles. The van der Waals surface area contributed by atoms with Gasteiger partial charge in [-0.2, -0.15) is 10.4 Å². The van der Waals surface area contributed by atoms with Crippen molar-refractivity contribution in [3.8, 4) is 28.5 Å². The van der Waals surface area contributed by atoms with Gasteiger partial charge in [0.05, 0.1) is 11.6 Å². The first-order valence-corrected chi connectivity index (χ1v) is 11.8. The zero-order valence-corrected chi connectivity index (χ0v) is 20.4. The van der Waals surface area contributed by atoms with Gasteiger partial charge in [-0.1, -0.05) is 85.8 Å². The van der Waals surface area contributed by atoms with E-state index in [9.17, 15) is 14.9 Å². The first-order valence-electron chi connectivity index (χ1n) is 11.8. The summed E-state index contributed by atoms with van der Waals surface area (Å²) in [5, 5.41) is 28.3. The Morgan fingerprint density at radius 2 is 1.57 bits per heavy atom. The van der Waals surface area contributed by atoms with Crippen molar-refractivity contribution < 1.29 is 19.4 Å². The number of carboxylic acid groups (broad SMARTS) is 1. The Bertz CT molecular complexity index is 1420. The molecule has 2 unspecified atom stereocenters. The maximum Gasteiger partial charge on any atom is 0.413 e. The van der Waals surface area contributed by atoms with Crippen molar-refractivity contribution in [1.82, 2.24) is 10.2 Å². The van der Waals surface area contributed by atoms with Crippen LogP contribution in [-0.2, 0) is 16.0 Å². The summed E-state index contributed by atoms with van der Waals surface area (Å²) in [4.78, 5) is 23.5. The van der Waals surface area contributed by atoms with E-state index in [4.69, 9.17) is 9.84 Å². The molecule has 0 bridgehead atoms. The number of carboxylic acids is 1. The quantitative estimate of drug-likeness (QED) is 0.268. The minimum atomic E-state index is -0.813. The first-order chi connectivity index (χ1) is 17.9. The zero-order chi connectivity index (χ0) is 26.4. The smallest absolute Gasteiger partial charge is 0.413 e. The highest BCUT2D eigenvalue weighted by molar-refractivity contribution is 5.88. The van der Waals surface area contributed by atoms with Crippen LogP contribution in [0, 0.1) is 17.2 Å². The van der Waals surface area contributed by atoms with Crippen molar-refractivity contribution in [3.63, 3.8) is 0 Å². The Balaban J connectivity index is 1.45. The van der Waals surface area contributed by atoms with Gasteiger partial charge < -0.3 is 9.84 Å². The molecule has 0 aliphatic carbocycles. The lowest BCUT2D eigenvalue weighted by molar-refractivity contribution is -0.141. The average Bonchev–Trinajstić information content (AvgIpc) is 3.31. The van der Waals surface area contributed by atoms with E-state index < -0.39 is 24.1 Å². The highest BCUT2D eigenvalue weighted by atomic mass is 16.6. The van der Waals surface area contributed by atoms with E-state index in [0.29, 0.717) is 12.1 Å². The second-order valence-electron chi connectivity index (χ2n) is 8.73. The number of hydrogen-bond donors (Lipinski definition) is 3. The minimum absolute atomic E-state index is 0.0954. The molecule has 0 fully saturated rings. The van der Waals surface area contributed by atoms with Crippen LogP contribution in [-0.4, -0.2) is 27.4 Å². The summed E-state index contributed by atoms with van der Waals surface area (Å²) in [6.45, 7) is 3.46. The highest BCUT2D eigenvalue weighted by Crippen LogP contribution is 2.29. The monoisotopic (exact) mass is 494 g/mol. The van der Waals surface area contributed by atoms with Crippen LogP contribution in [0.3, 0.4) is 0 Å². The Kier molecular flexibility index (Phi) is 7.65. The number of ether oxygens (including phenoxy) is 1. The number of amides is 1. The van der Waals surface area contributed by atoms with Gasteiger partial charge in [0.2, 0.25) is 0 Å². The van der Waals surface area contributed by atoms with Crippen LogP contribution in [0.1, 0.15) is 36.6 Å². The number of hydrogen-bond acceptors (Lipinski definition) is 5. The number of carbonyl (C=O) groups is 2. The van der Waals surface area contributed by atoms with E-state index >= 15 is 0 Å². The molecule has 0 aliphatic rings. The van der Waals surface area contributed by atoms with Gasteiger partial charge in [0.25, 0.3) is 0 Å². The number of aromatic amines is 1. The van der Waals surface area contributed by atoms with Crippen molar-refractivity contribution in [3.05, 3.63) is 95.6 Å². The average molecular weight is 495 g/mol. The second-order valence-corrected chi connectivity index (χ2v) is 8.73. The summed E-state index contributed by atoms with van der Waals surface area (Å²) in [6, 6.07) is 26.8. The molecule has 1 aromatic heterocycles. The van der Waals surface area contributed by atoms with Crippen molar-refractivity contribution in [2.45, 2.75) is 26.4 Å². The van der Waals surface area contributed by atoms with Gasteiger partial charge in [-0.05, 0) is 35.6 Å². The molecule has 2 atom stereocenters. The van der Waals surface area contributed by atoms with Crippen LogP contribution < -0.4 is 5.32 Å². The van der Waals surface area contributed by atoms with E-state index in [1.54, 1.807) is 13.8 Å². The Hall–Kier alpha value is -4.90. The number of benzene rings is 3. The Morgan fingerprint density at radius 3 is 2.16 bits per heavy atom. The summed E-state index contributed by atoms with van der Waals surface area (Å²) >= 11 is 0. The summed E-state index contributed by atoms with van der Waals surface area (Å²) < 4.78 is 5.42. The normalized spacial score (nSPS) is 12.2. The molecule has 0 radical (unpaired) electrons. The molecule has 8 heteroatoms. The molecule has 37 heavy (non-hydrogen) atoms. The van der Waals surface area contributed by atoms with Gasteiger partial charge in [0.15, 0.2) is 5.82 Å². The third-order valence-electron chi connectivity index (χ3n) is 6.08. The third kappa shape index (κ3) is 6.03. The fourth-order valence-electron chi connectivity index (χ4n) is 3.93. The molecule has 4 rings (SSSR count). The standard InChI is InChI=1S/C29H26N4O4/c1-18(28(34)35)16-20-8-10-22(11-9-20)23-12-14-24(15-13-23)26-25(17-30)27(33-32-26)31-29(36)37-19(2)21-6-4-3-5-7-21/h3-15,18-19H,16H2,1-2H3,(H,34,35)(H2,31,32,33,36). The lowest BCUT2D eigenvalue weighted by atomic mass is 9.97. The van der Waals surface area contributed by atoms with Crippen molar-refractivity contribution in [1.29, 1.82) is 5.26 Å². The summed E-state index contributed by atoms with van der Waals surface area (Å²) in [5.41, 5.74) is 5.19. The van der Waals surface area contributed by atoms with Gasteiger partial charge in [-0.15, -0.1) is 0 Å². The number of rotatable bonds is 8. The van der Waals surface area contributed by atoms with E-state index in [2.05, 4.69) is 21.6 Å². The van der Waals surface area contributed by atoms with Crippen LogP contribution in [0.4, 0.5) is 10.6 Å². The third-order valence-corrected chi connectivity index (χ3v) is 6.08.